The molecule has 8 nitrogen and oxygen atoms in total. The lowest BCUT2D eigenvalue weighted by molar-refractivity contribution is -0.133. The molecule has 0 fully saturated rings. The minimum absolute atomic E-state index is 0.0370. The predicted molar refractivity (Wildman–Crippen MR) is 118 cm³/mol. The van der Waals surface area contributed by atoms with Crippen LogP contribution in [0, 0.1) is 0 Å². The average molecular weight is 425 g/mol. The molecule has 0 aromatic heterocycles. The maximum absolute atomic E-state index is 13.1. The van der Waals surface area contributed by atoms with E-state index in [9.17, 15) is 14.4 Å². The van der Waals surface area contributed by atoms with Gasteiger partial charge in [0.05, 0.1) is 12.8 Å². The van der Waals surface area contributed by atoms with Crippen LogP contribution in [-0.4, -0.2) is 43.0 Å². The van der Waals surface area contributed by atoms with Crippen LogP contribution in [0.15, 0.2) is 42.5 Å². The van der Waals surface area contributed by atoms with Crippen molar-refractivity contribution >= 4 is 29.1 Å². The number of nitrogens with one attached hydrogen (secondary N) is 2. The third-order valence-electron chi connectivity index (χ3n) is 4.71. The van der Waals surface area contributed by atoms with Crippen LogP contribution < -0.4 is 25.0 Å². The first-order valence-electron chi connectivity index (χ1n) is 10.0. The molecule has 0 saturated carbocycles. The first kappa shape index (κ1) is 22.1. The summed E-state index contributed by atoms with van der Waals surface area (Å²) in [6.45, 7) is 6.78. The number of amides is 3. The summed E-state index contributed by atoms with van der Waals surface area (Å²) >= 11 is 0. The highest BCUT2D eigenvalue weighted by Gasteiger charge is 2.41. The first-order chi connectivity index (χ1) is 14.6. The molecule has 3 rings (SSSR count). The van der Waals surface area contributed by atoms with E-state index < -0.39 is 5.60 Å². The molecule has 0 atom stereocenters. The van der Waals surface area contributed by atoms with Crippen LogP contribution in [0.3, 0.4) is 0 Å². The van der Waals surface area contributed by atoms with E-state index in [2.05, 4.69) is 10.6 Å². The lowest BCUT2D eigenvalue weighted by atomic mass is 10.0. The van der Waals surface area contributed by atoms with Crippen LogP contribution in [-0.2, 0) is 9.59 Å². The number of hydrogen-bond donors (Lipinski definition) is 2. The SMILES string of the molecule is COc1cccc(NC(=O)CN2C(=O)C(C)(C)Oc3ccc(C(=O)NC(C)C)cc32)c1. The maximum atomic E-state index is 13.1. The molecule has 0 aliphatic carbocycles. The van der Waals surface area contributed by atoms with E-state index in [1.807, 2.05) is 13.8 Å². The molecule has 1 heterocycles. The van der Waals surface area contributed by atoms with Crippen molar-refractivity contribution in [2.24, 2.45) is 0 Å². The normalized spacial score (nSPS) is 14.5. The zero-order valence-corrected chi connectivity index (χ0v) is 18.3. The van der Waals surface area contributed by atoms with Crippen molar-refractivity contribution in [3.8, 4) is 11.5 Å². The van der Waals surface area contributed by atoms with Crippen molar-refractivity contribution < 1.29 is 23.9 Å². The van der Waals surface area contributed by atoms with E-state index in [4.69, 9.17) is 9.47 Å². The molecule has 0 bridgehead atoms. The van der Waals surface area contributed by atoms with Crippen LogP contribution >= 0.6 is 0 Å². The molecule has 0 saturated heterocycles. The highest BCUT2D eigenvalue weighted by atomic mass is 16.5. The summed E-state index contributed by atoms with van der Waals surface area (Å²) in [7, 11) is 1.54. The second kappa shape index (κ2) is 8.67. The zero-order chi connectivity index (χ0) is 22.8. The highest BCUT2D eigenvalue weighted by Crippen LogP contribution is 2.38. The van der Waals surface area contributed by atoms with Crippen molar-refractivity contribution in [1.82, 2.24) is 5.32 Å². The number of benzene rings is 2. The predicted octanol–water partition coefficient (Wildman–Crippen LogP) is 2.98. The number of hydrogen-bond acceptors (Lipinski definition) is 5. The summed E-state index contributed by atoms with van der Waals surface area (Å²) in [5.41, 5.74) is 0.156. The van der Waals surface area contributed by atoms with Gasteiger partial charge >= 0.3 is 0 Å². The number of methoxy groups -OCH3 is 1. The summed E-state index contributed by atoms with van der Waals surface area (Å²) in [6, 6.07) is 11.8. The fourth-order valence-corrected chi connectivity index (χ4v) is 3.26. The molecule has 8 heteroatoms. The van der Waals surface area contributed by atoms with Crippen molar-refractivity contribution in [2.75, 3.05) is 23.9 Å². The number of carbonyl (C=O) groups excluding carboxylic acids is 3. The Morgan fingerprint density at radius 3 is 2.58 bits per heavy atom. The van der Waals surface area contributed by atoms with Gasteiger partial charge in [-0.05, 0) is 58.0 Å². The maximum Gasteiger partial charge on any atom is 0.271 e. The summed E-state index contributed by atoms with van der Waals surface area (Å²) < 4.78 is 11.0. The average Bonchev–Trinajstić information content (AvgIpc) is 2.70. The van der Waals surface area contributed by atoms with Crippen molar-refractivity contribution in [3.63, 3.8) is 0 Å². The molecule has 1 aliphatic rings. The lowest BCUT2D eigenvalue weighted by Crippen LogP contribution is -2.54. The highest BCUT2D eigenvalue weighted by molar-refractivity contribution is 6.08. The third-order valence-corrected chi connectivity index (χ3v) is 4.71. The first-order valence-corrected chi connectivity index (χ1v) is 10.0. The van der Waals surface area contributed by atoms with Crippen LogP contribution in [0.5, 0.6) is 11.5 Å². The number of fused-ring (bicyclic) bond motifs is 1. The second-order valence-electron chi connectivity index (χ2n) is 8.09. The topological polar surface area (TPSA) is 97.0 Å². The Morgan fingerprint density at radius 2 is 1.90 bits per heavy atom. The van der Waals surface area contributed by atoms with Gasteiger partial charge in [0.25, 0.3) is 11.8 Å². The Hall–Kier alpha value is -3.55. The Morgan fingerprint density at radius 1 is 1.16 bits per heavy atom. The lowest BCUT2D eigenvalue weighted by Gasteiger charge is -2.38. The summed E-state index contributed by atoms with van der Waals surface area (Å²) in [5.74, 6) is 0.00720. The van der Waals surface area contributed by atoms with Crippen molar-refractivity contribution in [1.29, 1.82) is 0 Å². The standard InChI is InChI=1S/C23H27N3O5/c1-14(2)24-21(28)15-9-10-19-18(11-15)26(22(29)23(3,4)31-19)13-20(27)25-16-7-6-8-17(12-16)30-5/h6-12,14H,13H2,1-5H3,(H,24,28)(H,25,27). The zero-order valence-electron chi connectivity index (χ0n) is 18.3. The molecule has 164 valence electrons. The summed E-state index contributed by atoms with van der Waals surface area (Å²) in [4.78, 5) is 39.6. The largest absolute Gasteiger partial charge is 0.497 e. The van der Waals surface area contributed by atoms with Crippen molar-refractivity contribution in [2.45, 2.75) is 39.3 Å². The fourth-order valence-electron chi connectivity index (χ4n) is 3.26. The van der Waals surface area contributed by atoms with Gasteiger partial charge in [-0.3, -0.25) is 19.3 Å². The van der Waals surface area contributed by atoms with Crippen LogP contribution in [0.2, 0.25) is 0 Å². The van der Waals surface area contributed by atoms with Gasteiger partial charge in [0.1, 0.15) is 18.0 Å². The molecular weight excluding hydrogens is 398 g/mol. The summed E-state index contributed by atoms with van der Waals surface area (Å²) in [6.07, 6.45) is 0. The van der Waals surface area contributed by atoms with Crippen LogP contribution in [0.4, 0.5) is 11.4 Å². The molecule has 0 radical (unpaired) electrons. The van der Waals surface area contributed by atoms with E-state index in [1.54, 1.807) is 63.4 Å². The minimum Gasteiger partial charge on any atom is -0.497 e. The minimum atomic E-state index is -1.15. The molecule has 0 spiro atoms. The number of ether oxygens (including phenoxy) is 2. The Labute approximate surface area is 181 Å². The Bertz CT molecular complexity index is 1020. The second-order valence-corrected chi connectivity index (χ2v) is 8.09. The van der Waals surface area contributed by atoms with Gasteiger partial charge < -0.3 is 20.1 Å². The van der Waals surface area contributed by atoms with Crippen molar-refractivity contribution in [3.05, 3.63) is 48.0 Å². The molecule has 31 heavy (non-hydrogen) atoms. The summed E-state index contributed by atoms with van der Waals surface area (Å²) in [5, 5.41) is 5.59. The van der Waals surface area contributed by atoms with Gasteiger partial charge in [-0.15, -0.1) is 0 Å². The molecule has 2 aromatic rings. The fraction of sp³-hybridized carbons (Fsp3) is 0.348. The van der Waals surface area contributed by atoms with E-state index >= 15 is 0 Å². The molecular formula is C23H27N3O5. The number of nitrogens with zero attached hydrogens (tertiary/aromatic N) is 1. The van der Waals surface area contributed by atoms with Gasteiger partial charge in [0.15, 0.2) is 5.60 Å². The molecule has 2 N–H and O–H groups in total. The number of carbonyl (C=O) groups is 3. The van der Waals surface area contributed by atoms with Gasteiger partial charge in [-0.25, -0.2) is 0 Å². The van der Waals surface area contributed by atoms with Crippen LogP contribution in [0.1, 0.15) is 38.1 Å². The number of anilines is 2. The molecule has 3 amide bonds. The van der Waals surface area contributed by atoms with Gasteiger partial charge in [0, 0.05) is 23.4 Å². The quantitative estimate of drug-likeness (QED) is 0.742. The third kappa shape index (κ3) is 4.96. The Kier molecular flexibility index (Phi) is 6.19. The van der Waals surface area contributed by atoms with Gasteiger partial charge in [-0.2, -0.15) is 0 Å². The van der Waals surface area contributed by atoms with E-state index in [-0.39, 0.29) is 30.3 Å². The van der Waals surface area contributed by atoms with Gasteiger partial charge in [-0.1, -0.05) is 6.07 Å². The van der Waals surface area contributed by atoms with Gasteiger partial charge in [0.2, 0.25) is 5.91 Å². The Balaban J connectivity index is 1.88. The molecule has 2 aromatic carbocycles. The molecule has 1 aliphatic heterocycles. The van der Waals surface area contributed by atoms with E-state index in [0.29, 0.717) is 28.4 Å². The number of rotatable bonds is 6. The van der Waals surface area contributed by atoms with E-state index in [1.165, 1.54) is 4.90 Å². The van der Waals surface area contributed by atoms with E-state index in [0.717, 1.165) is 0 Å². The molecule has 0 unspecified atom stereocenters. The van der Waals surface area contributed by atoms with Crippen LogP contribution in [0.25, 0.3) is 0 Å². The monoisotopic (exact) mass is 425 g/mol. The smallest absolute Gasteiger partial charge is 0.271 e.